The molecule has 0 aliphatic carbocycles. The van der Waals surface area contributed by atoms with E-state index in [9.17, 15) is 19.2 Å². The number of hydrogen-bond acceptors (Lipinski definition) is 4. The molecule has 0 saturated carbocycles. The SMILES string of the molecule is O=C(NN1CC(=O)N(NC(=O)c2ccccc2)C1=O)c1ccccc1. The van der Waals surface area contributed by atoms with Gasteiger partial charge < -0.3 is 0 Å². The van der Waals surface area contributed by atoms with Crippen LogP contribution in [0.15, 0.2) is 60.7 Å². The maximum atomic E-state index is 12.3. The van der Waals surface area contributed by atoms with Crippen LogP contribution in [0.3, 0.4) is 0 Å². The Hall–Kier alpha value is -3.68. The van der Waals surface area contributed by atoms with Crippen molar-refractivity contribution < 1.29 is 19.2 Å². The highest BCUT2D eigenvalue weighted by atomic mass is 16.2. The lowest BCUT2D eigenvalue weighted by molar-refractivity contribution is -0.127. The molecule has 8 nitrogen and oxygen atoms in total. The molecule has 0 bridgehead atoms. The topological polar surface area (TPSA) is 98.8 Å². The van der Waals surface area contributed by atoms with Gasteiger partial charge in [-0.25, -0.2) is 9.80 Å². The summed E-state index contributed by atoms with van der Waals surface area (Å²) in [5.41, 5.74) is 5.23. The molecule has 1 saturated heterocycles. The largest absolute Gasteiger partial charge is 0.365 e. The van der Waals surface area contributed by atoms with Crippen molar-refractivity contribution in [1.29, 1.82) is 0 Å². The molecule has 0 radical (unpaired) electrons. The molecule has 1 aliphatic heterocycles. The lowest BCUT2D eigenvalue weighted by atomic mass is 10.2. The van der Waals surface area contributed by atoms with Gasteiger partial charge in [0.25, 0.3) is 17.7 Å². The number of rotatable bonds is 4. The average Bonchev–Trinajstić information content (AvgIpc) is 2.90. The van der Waals surface area contributed by atoms with E-state index in [1.165, 1.54) is 0 Å². The van der Waals surface area contributed by atoms with E-state index < -0.39 is 23.8 Å². The molecule has 126 valence electrons. The maximum Gasteiger partial charge on any atom is 0.365 e. The summed E-state index contributed by atoms with van der Waals surface area (Å²) >= 11 is 0. The zero-order chi connectivity index (χ0) is 17.8. The van der Waals surface area contributed by atoms with Crippen LogP contribution in [0, 0.1) is 0 Å². The van der Waals surface area contributed by atoms with E-state index in [0.717, 1.165) is 5.01 Å². The molecule has 0 unspecified atom stereocenters. The highest BCUT2D eigenvalue weighted by Crippen LogP contribution is 2.08. The van der Waals surface area contributed by atoms with Crippen LogP contribution in [0.5, 0.6) is 0 Å². The number of carbonyl (C=O) groups excluding carboxylic acids is 4. The summed E-state index contributed by atoms with van der Waals surface area (Å²) in [7, 11) is 0. The molecule has 2 N–H and O–H groups in total. The third-order valence-electron chi connectivity index (χ3n) is 3.49. The van der Waals surface area contributed by atoms with Gasteiger partial charge in [0.2, 0.25) is 0 Å². The molecule has 0 aromatic heterocycles. The van der Waals surface area contributed by atoms with Gasteiger partial charge in [-0.15, -0.1) is 0 Å². The van der Waals surface area contributed by atoms with Crippen molar-refractivity contribution in [2.24, 2.45) is 0 Å². The number of nitrogens with zero attached hydrogens (tertiary/aromatic N) is 2. The molecule has 5 amide bonds. The minimum absolute atomic E-state index is 0.301. The smallest absolute Gasteiger partial charge is 0.270 e. The standard InChI is InChI=1S/C17H14N4O4/c22-14-11-20(18-15(23)12-7-3-1-4-8-12)17(25)21(14)19-16(24)13-9-5-2-6-10-13/h1-10H,11H2,(H,18,23)(H,19,24). The summed E-state index contributed by atoms with van der Waals surface area (Å²) in [6, 6.07) is 15.6. The van der Waals surface area contributed by atoms with Crippen molar-refractivity contribution in [2.45, 2.75) is 0 Å². The summed E-state index contributed by atoms with van der Waals surface area (Å²) in [5.74, 6) is -1.78. The van der Waals surface area contributed by atoms with Gasteiger partial charge in [0.1, 0.15) is 6.54 Å². The zero-order valence-electron chi connectivity index (χ0n) is 13.0. The molecule has 0 atom stereocenters. The number of nitrogens with one attached hydrogen (secondary N) is 2. The predicted molar refractivity (Wildman–Crippen MR) is 86.8 cm³/mol. The Bertz CT molecular complexity index is 823. The highest BCUT2D eigenvalue weighted by molar-refractivity contribution is 6.06. The Morgan fingerprint density at radius 3 is 1.76 bits per heavy atom. The van der Waals surface area contributed by atoms with E-state index in [1.54, 1.807) is 60.7 Å². The first-order chi connectivity index (χ1) is 12.1. The van der Waals surface area contributed by atoms with Crippen molar-refractivity contribution in [3.05, 3.63) is 71.8 Å². The van der Waals surface area contributed by atoms with E-state index in [4.69, 9.17) is 0 Å². The molecule has 1 heterocycles. The fourth-order valence-corrected chi connectivity index (χ4v) is 2.23. The molecular formula is C17H14N4O4. The van der Waals surface area contributed by atoms with Crippen molar-refractivity contribution in [1.82, 2.24) is 20.9 Å². The van der Waals surface area contributed by atoms with Crippen LogP contribution in [0.25, 0.3) is 0 Å². The van der Waals surface area contributed by atoms with Crippen molar-refractivity contribution in [3.63, 3.8) is 0 Å². The van der Waals surface area contributed by atoms with Gasteiger partial charge in [0.15, 0.2) is 0 Å². The monoisotopic (exact) mass is 338 g/mol. The van der Waals surface area contributed by atoms with E-state index >= 15 is 0 Å². The number of hydrazine groups is 2. The van der Waals surface area contributed by atoms with E-state index in [1.807, 2.05) is 0 Å². The van der Waals surface area contributed by atoms with Gasteiger partial charge >= 0.3 is 6.03 Å². The molecule has 25 heavy (non-hydrogen) atoms. The minimum Gasteiger partial charge on any atom is -0.270 e. The first kappa shape index (κ1) is 16.2. The summed E-state index contributed by atoms with van der Waals surface area (Å²) in [4.78, 5) is 48.4. The molecular weight excluding hydrogens is 324 g/mol. The third kappa shape index (κ3) is 3.47. The van der Waals surface area contributed by atoms with Crippen molar-refractivity contribution in [2.75, 3.05) is 6.54 Å². The van der Waals surface area contributed by atoms with Gasteiger partial charge in [-0.3, -0.25) is 25.2 Å². The van der Waals surface area contributed by atoms with Gasteiger partial charge in [-0.05, 0) is 24.3 Å². The van der Waals surface area contributed by atoms with E-state index in [-0.39, 0.29) is 6.54 Å². The van der Waals surface area contributed by atoms with Crippen molar-refractivity contribution >= 4 is 23.8 Å². The number of imide groups is 1. The Kier molecular flexibility index (Phi) is 4.42. The Balaban J connectivity index is 1.66. The molecule has 1 aliphatic rings. The number of hydrogen-bond donors (Lipinski definition) is 2. The molecule has 1 fully saturated rings. The zero-order valence-corrected chi connectivity index (χ0v) is 13.0. The van der Waals surface area contributed by atoms with Crippen LogP contribution >= 0.6 is 0 Å². The van der Waals surface area contributed by atoms with Crippen LogP contribution in [-0.4, -0.2) is 40.3 Å². The predicted octanol–water partition coefficient (Wildman–Crippen LogP) is 0.941. The summed E-state index contributed by atoms with van der Waals surface area (Å²) in [6.45, 7) is -0.369. The second-order valence-electron chi connectivity index (χ2n) is 5.21. The van der Waals surface area contributed by atoms with E-state index in [0.29, 0.717) is 16.1 Å². The van der Waals surface area contributed by atoms with Crippen LogP contribution in [0.1, 0.15) is 20.7 Å². The van der Waals surface area contributed by atoms with Gasteiger partial charge in [0, 0.05) is 11.1 Å². The summed E-state index contributed by atoms with van der Waals surface area (Å²) in [5, 5.41) is 1.43. The first-order valence-electron chi connectivity index (χ1n) is 7.43. The van der Waals surface area contributed by atoms with Gasteiger partial charge in [-0.1, -0.05) is 36.4 Å². The second-order valence-corrected chi connectivity index (χ2v) is 5.21. The summed E-state index contributed by atoms with van der Waals surface area (Å²) < 4.78 is 0. The number of amides is 5. The van der Waals surface area contributed by atoms with Crippen molar-refractivity contribution in [3.8, 4) is 0 Å². The minimum atomic E-state index is -0.835. The quantitative estimate of drug-likeness (QED) is 0.811. The van der Waals surface area contributed by atoms with Crippen LogP contribution < -0.4 is 10.9 Å². The Labute approximate surface area is 143 Å². The number of carbonyl (C=O) groups is 4. The molecule has 0 spiro atoms. The lowest BCUT2D eigenvalue weighted by Crippen LogP contribution is -2.50. The third-order valence-corrected chi connectivity index (χ3v) is 3.49. The number of benzene rings is 2. The second kappa shape index (κ2) is 6.83. The van der Waals surface area contributed by atoms with Crippen LogP contribution in [-0.2, 0) is 4.79 Å². The fraction of sp³-hybridized carbons (Fsp3) is 0.0588. The first-order valence-corrected chi connectivity index (χ1v) is 7.43. The normalized spacial score (nSPS) is 13.8. The van der Waals surface area contributed by atoms with Gasteiger partial charge in [0.05, 0.1) is 0 Å². The summed E-state index contributed by atoms with van der Waals surface area (Å²) in [6.07, 6.45) is 0. The molecule has 2 aromatic carbocycles. The van der Waals surface area contributed by atoms with Crippen LogP contribution in [0.2, 0.25) is 0 Å². The van der Waals surface area contributed by atoms with E-state index in [2.05, 4.69) is 10.9 Å². The Morgan fingerprint density at radius 2 is 1.24 bits per heavy atom. The molecule has 3 rings (SSSR count). The van der Waals surface area contributed by atoms with Gasteiger partial charge in [-0.2, -0.15) is 5.01 Å². The maximum absolute atomic E-state index is 12.3. The number of urea groups is 1. The average molecular weight is 338 g/mol. The molecule has 2 aromatic rings. The lowest BCUT2D eigenvalue weighted by Gasteiger charge is -2.18. The molecule has 8 heteroatoms. The van der Waals surface area contributed by atoms with Crippen LogP contribution in [0.4, 0.5) is 4.79 Å². The highest BCUT2D eigenvalue weighted by Gasteiger charge is 2.38. The fourth-order valence-electron chi connectivity index (χ4n) is 2.23. The Morgan fingerprint density at radius 1 is 0.760 bits per heavy atom.